The number of benzene rings is 2. The molecule has 6 heteroatoms. The molecular formula is C19H20N4O2. The molecule has 0 atom stereocenters. The number of hydrogen-bond acceptors (Lipinski definition) is 4. The molecule has 1 heterocycles. The highest BCUT2D eigenvalue weighted by Crippen LogP contribution is 2.38. The Morgan fingerprint density at radius 2 is 1.80 bits per heavy atom. The maximum atomic E-state index is 12.0. The summed E-state index contributed by atoms with van der Waals surface area (Å²) < 4.78 is 0. The van der Waals surface area contributed by atoms with Crippen LogP contribution in [0.4, 0.5) is 11.4 Å². The van der Waals surface area contributed by atoms with E-state index in [4.69, 9.17) is 5.73 Å². The van der Waals surface area contributed by atoms with E-state index in [9.17, 15) is 9.90 Å². The number of azo groups is 1. The van der Waals surface area contributed by atoms with Crippen LogP contribution in [-0.2, 0) is 11.2 Å². The number of anilines is 1. The quantitative estimate of drug-likeness (QED) is 0.488. The van der Waals surface area contributed by atoms with Crippen molar-refractivity contribution in [2.75, 3.05) is 5.73 Å². The molecule has 0 aliphatic carbocycles. The molecule has 1 amide bonds. The summed E-state index contributed by atoms with van der Waals surface area (Å²) in [5.41, 5.74) is 10.4. The summed E-state index contributed by atoms with van der Waals surface area (Å²) in [7, 11) is 0. The van der Waals surface area contributed by atoms with Gasteiger partial charge < -0.3 is 15.8 Å². The number of carbonyl (C=O) groups excluding carboxylic acids is 1. The number of fused-ring (bicyclic) bond motifs is 1. The summed E-state index contributed by atoms with van der Waals surface area (Å²) in [5.74, 6) is -0.418. The van der Waals surface area contributed by atoms with Crippen molar-refractivity contribution >= 4 is 28.2 Å². The Hall–Kier alpha value is -3.15. The second-order valence-corrected chi connectivity index (χ2v) is 6.11. The average molecular weight is 336 g/mol. The van der Waals surface area contributed by atoms with Gasteiger partial charge in [0.05, 0.1) is 5.52 Å². The van der Waals surface area contributed by atoms with Crippen LogP contribution in [0.25, 0.3) is 10.9 Å². The van der Waals surface area contributed by atoms with Crippen molar-refractivity contribution in [1.29, 1.82) is 0 Å². The molecule has 4 N–H and O–H groups in total. The zero-order chi connectivity index (χ0) is 18.0. The summed E-state index contributed by atoms with van der Waals surface area (Å²) in [4.78, 5) is 14.9. The lowest BCUT2D eigenvalue weighted by Gasteiger charge is -2.00. The molecule has 0 spiro atoms. The van der Waals surface area contributed by atoms with E-state index in [0.29, 0.717) is 17.8 Å². The number of aryl methyl sites for hydroxylation is 3. The molecule has 1 aromatic heterocycles. The molecule has 0 fully saturated rings. The SMILES string of the molecule is Cc1ccc(C)c2c(N=NC(=O)CCc3ccc(N)cc3)c(O)[nH]c12. The fraction of sp³-hybridized carbons (Fsp3) is 0.211. The minimum absolute atomic E-state index is 0.0810. The summed E-state index contributed by atoms with van der Waals surface area (Å²) >= 11 is 0. The molecule has 3 aromatic rings. The van der Waals surface area contributed by atoms with E-state index >= 15 is 0 Å². The molecule has 0 saturated carbocycles. The van der Waals surface area contributed by atoms with E-state index in [1.807, 2.05) is 38.1 Å². The molecule has 0 aliphatic rings. The van der Waals surface area contributed by atoms with Gasteiger partial charge >= 0.3 is 0 Å². The smallest absolute Gasteiger partial charge is 0.265 e. The van der Waals surface area contributed by atoms with Crippen LogP contribution in [0.1, 0.15) is 23.1 Å². The van der Waals surface area contributed by atoms with Crippen molar-refractivity contribution in [1.82, 2.24) is 4.98 Å². The van der Waals surface area contributed by atoms with Crippen LogP contribution in [0.5, 0.6) is 5.88 Å². The minimum atomic E-state index is -0.337. The fourth-order valence-electron chi connectivity index (χ4n) is 2.76. The molecule has 0 aliphatic heterocycles. The van der Waals surface area contributed by atoms with Gasteiger partial charge in [0.15, 0.2) is 5.69 Å². The van der Waals surface area contributed by atoms with Gasteiger partial charge in [-0.15, -0.1) is 10.2 Å². The highest BCUT2D eigenvalue weighted by atomic mass is 16.3. The molecule has 0 radical (unpaired) electrons. The van der Waals surface area contributed by atoms with Gasteiger partial charge in [0.25, 0.3) is 5.91 Å². The third-order valence-electron chi connectivity index (χ3n) is 4.20. The van der Waals surface area contributed by atoms with Crippen molar-refractivity contribution in [2.24, 2.45) is 10.2 Å². The van der Waals surface area contributed by atoms with Crippen molar-refractivity contribution in [2.45, 2.75) is 26.7 Å². The number of nitrogens with two attached hydrogens (primary N) is 1. The Morgan fingerprint density at radius 3 is 2.52 bits per heavy atom. The largest absolute Gasteiger partial charge is 0.493 e. The predicted molar refractivity (Wildman–Crippen MR) is 98.1 cm³/mol. The monoisotopic (exact) mass is 336 g/mol. The standard InChI is InChI=1S/C19H20N4O2/c1-11-3-4-12(2)17-16(11)18(19(25)21-17)23-22-15(24)10-7-13-5-8-14(20)9-6-13/h3-6,8-9,21,25H,7,10,20H2,1-2H3. The van der Waals surface area contributed by atoms with E-state index in [2.05, 4.69) is 15.2 Å². The van der Waals surface area contributed by atoms with Crippen molar-refractivity contribution in [3.63, 3.8) is 0 Å². The number of nitrogens with zero attached hydrogens (tertiary/aromatic N) is 2. The van der Waals surface area contributed by atoms with Gasteiger partial charge in [-0.1, -0.05) is 24.3 Å². The summed E-state index contributed by atoms with van der Waals surface area (Å²) in [5, 5.41) is 18.6. The lowest BCUT2D eigenvalue weighted by molar-refractivity contribution is -0.118. The Bertz CT molecular complexity index is 956. The first-order chi connectivity index (χ1) is 12.0. The molecule has 3 rings (SSSR count). The van der Waals surface area contributed by atoms with Crippen molar-refractivity contribution in [3.05, 3.63) is 53.1 Å². The van der Waals surface area contributed by atoms with Crippen LogP contribution < -0.4 is 5.73 Å². The zero-order valence-electron chi connectivity index (χ0n) is 14.2. The molecule has 0 saturated heterocycles. The number of aromatic nitrogens is 1. The molecule has 0 bridgehead atoms. The minimum Gasteiger partial charge on any atom is -0.493 e. The van der Waals surface area contributed by atoms with Crippen LogP contribution in [0.2, 0.25) is 0 Å². The lowest BCUT2D eigenvalue weighted by atomic mass is 10.1. The fourth-order valence-corrected chi connectivity index (χ4v) is 2.76. The number of aromatic hydroxyl groups is 1. The number of nitrogen functional groups attached to an aromatic ring is 1. The Kier molecular flexibility index (Phi) is 4.52. The van der Waals surface area contributed by atoms with Crippen molar-refractivity contribution in [3.8, 4) is 5.88 Å². The Labute approximate surface area is 145 Å². The number of H-pyrrole nitrogens is 1. The number of carbonyl (C=O) groups is 1. The summed E-state index contributed by atoms with van der Waals surface area (Å²) in [6.45, 7) is 3.87. The van der Waals surface area contributed by atoms with Crippen LogP contribution in [0.15, 0.2) is 46.6 Å². The van der Waals surface area contributed by atoms with Crippen LogP contribution in [-0.4, -0.2) is 16.0 Å². The number of hydrogen-bond donors (Lipinski definition) is 3. The number of aromatic amines is 1. The molecule has 128 valence electrons. The summed E-state index contributed by atoms with van der Waals surface area (Å²) in [6, 6.07) is 11.3. The average Bonchev–Trinajstić information content (AvgIpc) is 2.93. The van der Waals surface area contributed by atoms with Gasteiger partial charge in [0.1, 0.15) is 0 Å². The molecule has 0 unspecified atom stereocenters. The maximum Gasteiger partial charge on any atom is 0.265 e. The lowest BCUT2D eigenvalue weighted by Crippen LogP contribution is -1.96. The predicted octanol–water partition coefficient (Wildman–Crippen LogP) is 4.32. The highest BCUT2D eigenvalue weighted by molar-refractivity contribution is 5.98. The maximum absolute atomic E-state index is 12.0. The zero-order valence-corrected chi connectivity index (χ0v) is 14.2. The molecular weight excluding hydrogens is 316 g/mol. The van der Waals surface area contributed by atoms with Gasteiger partial charge in [-0.05, 0) is 49.1 Å². The molecule has 6 nitrogen and oxygen atoms in total. The first-order valence-electron chi connectivity index (χ1n) is 8.05. The van der Waals surface area contributed by atoms with E-state index in [-0.39, 0.29) is 18.2 Å². The van der Waals surface area contributed by atoms with E-state index in [1.165, 1.54) is 0 Å². The number of rotatable bonds is 4. The third kappa shape index (κ3) is 3.52. The van der Waals surface area contributed by atoms with Crippen LogP contribution in [0, 0.1) is 13.8 Å². The normalized spacial score (nSPS) is 11.4. The summed E-state index contributed by atoms with van der Waals surface area (Å²) in [6.07, 6.45) is 0.810. The molecule has 25 heavy (non-hydrogen) atoms. The first-order valence-corrected chi connectivity index (χ1v) is 8.05. The van der Waals surface area contributed by atoms with Crippen LogP contribution in [0.3, 0.4) is 0 Å². The third-order valence-corrected chi connectivity index (χ3v) is 4.20. The second-order valence-electron chi connectivity index (χ2n) is 6.11. The Morgan fingerprint density at radius 1 is 1.12 bits per heavy atom. The first kappa shape index (κ1) is 16.7. The highest BCUT2D eigenvalue weighted by Gasteiger charge is 2.14. The van der Waals surface area contributed by atoms with Gasteiger partial charge in [0.2, 0.25) is 5.88 Å². The van der Waals surface area contributed by atoms with E-state index < -0.39 is 0 Å². The number of nitrogens with one attached hydrogen (secondary N) is 1. The topological polar surface area (TPSA) is 104 Å². The Balaban J connectivity index is 1.76. The van der Waals surface area contributed by atoms with Gasteiger partial charge in [-0.3, -0.25) is 4.79 Å². The van der Waals surface area contributed by atoms with Crippen molar-refractivity contribution < 1.29 is 9.90 Å². The van der Waals surface area contributed by atoms with Gasteiger partial charge in [0, 0.05) is 17.5 Å². The molecule has 2 aromatic carbocycles. The van der Waals surface area contributed by atoms with Crippen LogP contribution >= 0.6 is 0 Å². The van der Waals surface area contributed by atoms with E-state index in [1.54, 1.807) is 12.1 Å². The van der Waals surface area contributed by atoms with E-state index in [0.717, 1.165) is 27.6 Å². The second kappa shape index (κ2) is 6.76. The van der Waals surface area contributed by atoms with Gasteiger partial charge in [-0.25, -0.2) is 0 Å². The number of amides is 1. The van der Waals surface area contributed by atoms with Gasteiger partial charge in [-0.2, -0.15) is 0 Å².